The van der Waals surface area contributed by atoms with Gasteiger partial charge in [0, 0.05) is 47.4 Å². The number of halogens is 1. The Kier molecular flexibility index (Phi) is 7.00. The van der Waals surface area contributed by atoms with E-state index in [1.807, 2.05) is 62.6 Å². The zero-order valence-electron chi connectivity index (χ0n) is 24.0. The fourth-order valence-corrected chi connectivity index (χ4v) is 5.41. The molecule has 0 bridgehead atoms. The van der Waals surface area contributed by atoms with Gasteiger partial charge < -0.3 is 25.6 Å². The number of hydrogen-bond donors (Lipinski definition) is 5. The maximum absolute atomic E-state index is 14.7. The molecule has 6 aromatic rings. The Bertz CT molecular complexity index is 1930. The molecule has 5 N–H and O–H groups in total. The third kappa shape index (κ3) is 5.67. The monoisotopic (exact) mass is 576 g/mol. The van der Waals surface area contributed by atoms with Crippen LogP contribution in [0.5, 0.6) is 0 Å². The van der Waals surface area contributed by atoms with Crippen LogP contribution < -0.4 is 10.6 Å². The Morgan fingerprint density at radius 2 is 1.86 bits per heavy atom. The number of likely N-dealkylation sites (N-methyl/N-ethyl adjacent to an activating group) is 1. The number of rotatable bonds is 10. The van der Waals surface area contributed by atoms with Gasteiger partial charge in [-0.3, -0.25) is 10.1 Å². The third-order valence-electron chi connectivity index (χ3n) is 7.84. The van der Waals surface area contributed by atoms with Crippen LogP contribution in [0, 0.1) is 11.7 Å². The smallest absolute Gasteiger partial charge is 0.135 e. The summed E-state index contributed by atoms with van der Waals surface area (Å²) >= 11 is 0. The van der Waals surface area contributed by atoms with Crippen molar-refractivity contribution < 1.29 is 9.50 Å². The highest BCUT2D eigenvalue weighted by Crippen LogP contribution is 2.36. The van der Waals surface area contributed by atoms with E-state index >= 15 is 0 Å². The van der Waals surface area contributed by atoms with Crippen LogP contribution in [0.15, 0.2) is 73.1 Å². The largest absolute Gasteiger partial charge is 0.384 e. The van der Waals surface area contributed by atoms with Gasteiger partial charge in [-0.1, -0.05) is 12.1 Å². The van der Waals surface area contributed by atoms with Crippen LogP contribution in [0.1, 0.15) is 12.8 Å². The maximum Gasteiger partial charge on any atom is 0.135 e. The van der Waals surface area contributed by atoms with Gasteiger partial charge in [0.15, 0.2) is 0 Å². The van der Waals surface area contributed by atoms with Gasteiger partial charge in [-0.05, 0) is 86.6 Å². The summed E-state index contributed by atoms with van der Waals surface area (Å²) < 4.78 is 14.7. The van der Waals surface area contributed by atoms with Crippen LogP contribution in [-0.4, -0.2) is 68.6 Å². The van der Waals surface area contributed by atoms with E-state index in [0.29, 0.717) is 11.6 Å². The van der Waals surface area contributed by atoms with Gasteiger partial charge in [-0.15, -0.1) is 0 Å². The lowest BCUT2D eigenvalue weighted by atomic mass is 10.0. The SMILES string of the molecule is CN(C)CCNc1cc(F)cc(-c2cccc3[nH]c(-c4n[nH]c5ccc(-c6cncc(NC(O)C7CC7)c6)nc45)cc23)c1. The molecule has 9 nitrogen and oxygen atoms in total. The van der Waals surface area contributed by atoms with Crippen LogP contribution in [0.4, 0.5) is 15.8 Å². The first-order valence-corrected chi connectivity index (χ1v) is 14.5. The van der Waals surface area contributed by atoms with Crippen LogP contribution >= 0.6 is 0 Å². The van der Waals surface area contributed by atoms with Crippen molar-refractivity contribution >= 4 is 33.3 Å². The number of H-pyrrole nitrogens is 2. The molecule has 0 saturated heterocycles. The third-order valence-corrected chi connectivity index (χ3v) is 7.84. The molecule has 1 atom stereocenters. The molecule has 0 radical (unpaired) electrons. The Morgan fingerprint density at radius 1 is 1.00 bits per heavy atom. The van der Waals surface area contributed by atoms with E-state index in [1.54, 1.807) is 18.5 Å². The fraction of sp³-hybridized carbons (Fsp3) is 0.242. The topological polar surface area (TPSA) is 118 Å². The van der Waals surface area contributed by atoms with E-state index in [9.17, 15) is 9.50 Å². The van der Waals surface area contributed by atoms with E-state index in [4.69, 9.17) is 4.98 Å². The normalized spacial score (nSPS) is 14.1. The molecule has 0 spiro atoms. The molecular formula is C33H33FN8O. The number of benzene rings is 2. The highest BCUT2D eigenvalue weighted by atomic mass is 19.1. The minimum atomic E-state index is -0.571. The van der Waals surface area contributed by atoms with Gasteiger partial charge in [0.05, 0.1) is 28.8 Å². The molecule has 10 heteroatoms. The van der Waals surface area contributed by atoms with E-state index in [0.717, 1.165) is 87.3 Å². The first-order valence-electron chi connectivity index (χ1n) is 14.5. The summed E-state index contributed by atoms with van der Waals surface area (Å²) in [6, 6.07) is 18.9. The van der Waals surface area contributed by atoms with Gasteiger partial charge in [-0.25, -0.2) is 9.37 Å². The number of aromatic amines is 2. The number of aliphatic hydroxyl groups is 1. The minimum absolute atomic E-state index is 0.288. The average molecular weight is 577 g/mol. The van der Waals surface area contributed by atoms with Crippen molar-refractivity contribution in [2.45, 2.75) is 19.1 Å². The number of pyridine rings is 2. The number of fused-ring (bicyclic) bond motifs is 2. The van der Waals surface area contributed by atoms with Crippen molar-refractivity contribution in [2.24, 2.45) is 5.92 Å². The predicted octanol–water partition coefficient (Wildman–Crippen LogP) is 6.09. The predicted molar refractivity (Wildman–Crippen MR) is 169 cm³/mol. The number of hydrogen-bond acceptors (Lipinski definition) is 7. The Hall–Kier alpha value is -4.80. The molecule has 1 unspecified atom stereocenters. The molecule has 218 valence electrons. The second-order valence-corrected chi connectivity index (χ2v) is 11.5. The van der Waals surface area contributed by atoms with Crippen molar-refractivity contribution in [1.82, 2.24) is 30.0 Å². The van der Waals surface area contributed by atoms with Crippen LogP contribution in [0.25, 0.3) is 55.7 Å². The van der Waals surface area contributed by atoms with Crippen LogP contribution in [-0.2, 0) is 0 Å². The Morgan fingerprint density at radius 3 is 2.70 bits per heavy atom. The van der Waals surface area contributed by atoms with Crippen molar-refractivity contribution in [1.29, 1.82) is 0 Å². The molecule has 1 saturated carbocycles. The quantitative estimate of drug-likeness (QED) is 0.125. The summed E-state index contributed by atoms with van der Waals surface area (Å²) in [7, 11) is 4.02. The second kappa shape index (κ2) is 11.1. The fourth-order valence-electron chi connectivity index (χ4n) is 5.41. The number of aromatic nitrogens is 5. The van der Waals surface area contributed by atoms with Crippen LogP contribution in [0.2, 0.25) is 0 Å². The van der Waals surface area contributed by atoms with Gasteiger partial charge in [0.25, 0.3) is 0 Å². The summed E-state index contributed by atoms with van der Waals surface area (Å²) in [4.78, 5) is 14.9. The number of anilines is 2. The molecule has 7 rings (SSSR count). The van der Waals surface area contributed by atoms with Crippen molar-refractivity contribution in [2.75, 3.05) is 37.8 Å². The summed E-state index contributed by atoms with van der Waals surface area (Å²) in [6.45, 7) is 1.56. The van der Waals surface area contributed by atoms with Crippen molar-refractivity contribution in [3.05, 3.63) is 78.9 Å². The van der Waals surface area contributed by atoms with Gasteiger partial charge in [0.2, 0.25) is 0 Å². The zero-order valence-corrected chi connectivity index (χ0v) is 24.0. The molecule has 0 amide bonds. The van der Waals surface area contributed by atoms with Gasteiger partial charge in [0.1, 0.15) is 23.3 Å². The van der Waals surface area contributed by atoms with E-state index in [-0.39, 0.29) is 5.82 Å². The minimum Gasteiger partial charge on any atom is -0.384 e. The number of nitrogens with one attached hydrogen (secondary N) is 4. The average Bonchev–Trinajstić information content (AvgIpc) is 3.62. The lowest BCUT2D eigenvalue weighted by molar-refractivity contribution is 0.180. The number of nitrogens with zero attached hydrogens (tertiary/aromatic N) is 4. The molecule has 1 fully saturated rings. The summed E-state index contributed by atoms with van der Waals surface area (Å²) in [6.07, 6.45) is 4.98. The number of aliphatic hydroxyl groups excluding tert-OH is 1. The molecule has 2 aromatic carbocycles. The summed E-state index contributed by atoms with van der Waals surface area (Å²) in [5.74, 6) is 0.0135. The second-order valence-electron chi connectivity index (χ2n) is 11.5. The standard InChI is InChI=1S/C33H33FN8O/c1-42(2)11-10-36-23-13-20(12-22(34)15-23)25-4-3-5-28-26(25)16-30(38-28)32-31-29(40-41-32)9-8-27(39-31)21-14-24(18-35-17-21)37-33(43)19-6-7-19/h3-5,8-9,12-19,33,36-38,43H,6-7,10-11H2,1-2H3,(H,40,41). The first kappa shape index (κ1) is 27.1. The van der Waals surface area contributed by atoms with E-state index in [2.05, 4.69) is 35.7 Å². The van der Waals surface area contributed by atoms with Gasteiger partial charge in [-0.2, -0.15) is 5.10 Å². The van der Waals surface area contributed by atoms with Crippen molar-refractivity contribution in [3.63, 3.8) is 0 Å². The molecule has 1 aliphatic carbocycles. The Labute approximate surface area is 248 Å². The molecular weight excluding hydrogens is 543 g/mol. The first-order chi connectivity index (χ1) is 20.9. The highest BCUT2D eigenvalue weighted by molar-refractivity contribution is 6.00. The molecule has 4 heterocycles. The molecule has 4 aromatic heterocycles. The van der Waals surface area contributed by atoms with Gasteiger partial charge >= 0.3 is 0 Å². The Balaban J connectivity index is 1.22. The highest BCUT2D eigenvalue weighted by Gasteiger charge is 2.29. The molecule has 0 aliphatic heterocycles. The van der Waals surface area contributed by atoms with E-state index in [1.165, 1.54) is 6.07 Å². The zero-order chi connectivity index (χ0) is 29.5. The van der Waals surface area contributed by atoms with Crippen molar-refractivity contribution in [3.8, 4) is 33.8 Å². The summed E-state index contributed by atoms with van der Waals surface area (Å²) in [5, 5.41) is 25.5. The summed E-state index contributed by atoms with van der Waals surface area (Å²) in [5.41, 5.74) is 8.75. The molecule has 43 heavy (non-hydrogen) atoms. The lowest BCUT2D eigenvalue weighted by Gasteiger charge is -2.13. The lowest BCUT2D eigenvalue weighted by Crippen LogP contribution is -2.20. The van der Waals surface area contributed by atoms with Crippen LogP contribution in [0.3, 0.4) is 0 Å². The molecule has 1 aliphatic rings. The maximum atomic E-state index is 14.7. The van der Waals surface area contributed by atoms with E-state index < -0.39 is 6.23 Å².